The highest BCUT2D eigenvalue weighted by molar-refractivity contribution is 7.58. The summed E-state index contributed by atoms with van der Waals surface area (Å²) in [5.74, 6) is 0. The highest BCUT2D eigenvalue weighted by atomic mass is 31.2. The quantitative estimate of drug-likeness (QED) is 0.780. The van der Waals surface area contributed by atoms with E-state index in [-0.39, 0.29) is 0 Å². The predicted octanol–water partition coefficient (Wildman–Crippen LogP) is 1.77. The lowest BCUT2D eigenvalue weighted by molar-refractivity contribution is 0.277. The van der Waals surface area contributed by atoms with Crippen LogP contribution in [0.15, 0.2) is 30.3 Å². The second kappa shape index (κ2) is 4.48. The molecule has 0 unspecified atom stereocenters. The van der Waals surface area contributed by atoms with Gasteiger partial charge < -0.3 is 4.89 Å². The van der Waals surface area contributed by atoms with Crippen LogP contribution in [0.25, 0.3) is 0 Å². The summed E-state index contributed by atoms with van der Waals surface area (Å²) in [6.07, 6.45) is 0.889. The Labute approximate surface area is 90.2 Å². The van der Waals surface area contributed by atoms with Crippen LogP contribution < -0.4 is 0 Å². The molecule has 82 valence electrons. The van der Waals surface area contributed by atoms with Crippen LogP contribution in [0.4, 0.5) is 0 Å². The van der Waals surface area contributed by atoms with E-state index in [0.29, 0.717) is 12.3 Å². The molecule has 1 aliphatic heterocycles. The third-order valence-electron chi connectivity index (χ3n) is 2.78. The van der Waals surface area contributed by atoms with E-state index >= 15 is 0 Å². The summed E-state index contributed by atoms with van der Waals surface area (Å²) in [5, 5.41) is 0. The first-order valence-corrected chi connectivity index (χ1v) is 7.26. The van der Waals surface area contributed by atoms with Crippen molar-refractivity contribution in [3.05, 3.63) is 35.9 Å². The van der Waals surface area contributed by atoms with Crippen molar-refractivity contribution in [2.24, 2.45) is 0 Å². The zero-order chi connectivity index (χ0) is 10.7. The Morgan fingerprint density at radius 1 is 1.20 bits per heavy atom. The summed E-state index contributed by atoms with van der Waals surface area (Å²) in [4.78, 5) is 11.6. The van der Waals surface area contributed by atoms with Gasteiger partial charge in [-0.25, -0.2) is 0 Å². The molecule has 2 rings (SSSR count). The Morgan fingerprint density at radius 3 is 2.40 bits per heavy atom. The molecular weight excluding hydrogens is 209 g/mol. The van der Waals surface area contributed by atoms with Crippen molar-refractivity contribution in [2.75, 3.05) is 25.4 Å². The van der Waals surface area contributed by atoms with E-state index < -0.39 is 7.37 Å². The first-order valence-electron chi connectivity index (χ1n) is 5.23. The Kier molecular flexibility index (Phi) is 3.25. The van der Waals surface area contributed by atoms with Gasteiger partial charge in [0.25, 0.3) is 0 Å². The van der Waals surface area contributed by atoms with E-state index in [2.05, 4.69) is 17.0 Å². The van der Waals surface area contributed by atoms with Crippen molar-refractivity contribution < 1.29 is 9.46 Å². The van der Waals surface area contributed by atoms with Gasteiger partial charge in [0.05, 0.1) is 0 Å². The van der Waals surface area contributed by atoms with Gasteiger partial charge in [-0.05, 0) is 5.56 Å². The van der Waals surface area contributed by atoms with Crippen LogP contribution >= 0.6 is 7.37 Å². The second-order valence-electron chi connectivity index (χ2n) is 4.06. The average Bonchev–Trinajstić information content (AvgIpc) is 2.23. The van der Waals surface area contributed by atoms with E-state index in [4.69, 9.17) is 0 Å². The Morgan fingerprint density at radius 2 is 1.80 bits per heavy atom. The molecule has 0 aromatic heterocycles. The summed E-state index contributed by atoms with van der Waals surface area (Å²) >= 11 is 0. The number of nitrogens with zero attached hydrogens (tertiary/aromatic N) is 1. The third-order valence-corrected chi connectivity index (χ3v) is 4.58. The summed E-state index contributed by atoms with van der Waals surface area (Å²) in [5.41, 5.74) is 1.27. The Hall–Kier alpha value is -0.630. The maximum absolute atomic E-state index is 11.4. The minimum Gasteiger partial charge on any atom is -0.344 e. The highest BCUT2D eigenvalue weighted by Gasteiger charge is 2.25. The smallest absolute Gasteiger partial charge is 0.203 e. The fourth-order valence-electron chi connectivity index (χ4n) is 1.82. The standard InChI is InChI=1S/C11H16NO2P/c13-15(14)8-6-12(7-9-15)10-11-4-2-1-3-5-11/h1-5H,6-10H2,(H,13,14). The average molecular weight is 225 g/mol. The lowest BCUT2D eigenvalue weighted by atomic mass is 10.2. The molecule has 0 bridgehead atoms. The zero-order valence-electron chi connectivity index (χ0n) is 8.67. The highest BCUT2D eigenvalue weighted by Crippen LogP contribution is 2.42. The number of rotatable bonds is 2. The van der Waals surface area contributed by atoms with Gasteiger partial charge in [-0.3, -0.25) is 9.46 Å². The number of benzene rings is 1. The molecule has 0 saturated carbocycles. The van der Waals surface area contributed by atoms with Crippen LogP contribution in [0.1, 0.15) is 5.56 Å². The molecule has 1 N–H and O–H groups in total. The van der Waals surface area contributed by atoms with Crippen molar-refractivity contribution in [3.8, 4) is 0 Å². The lowest BCUT2D eigenvalue weighted by Gasteiger charge is -2.29. The maximum atomic E-state index is 11.4. The van der Waals surface area contributed by atoms with Crippen LogP contribution in [0.5, 0.6) is 0 Å². The van der Waals surface area contributed by atoms with Crippen molar-refractivity contribution in [1.29, 1.82) is 0 Å². The summed E-state index contributed by atoms with van der Waals surface area (Å²) in [6, 6.07) is 10.2. The topological polar surface area (TPSA) is 40.5 Å². The maximum Gasteiger partial charge on any atom is 0.203 e. The minimum atomic E-state index is -2.77. The molecule has 4 heteroatoms. The third kappa shape index (κ3) is 3.16. The number of hydrogen-bond acceptors (Lipinski definition) is 2. The van der Waals surface area contributed by atoms with Gasteiger partial charge in [-0.15, -0.1) is 0 Å². The molecule has 1 saturated heterocycles. The molecule has 0 spiro atoms. The minimum absolute atomic E-state index is 0.444. The molecule has 3 nitrogen and oxygen atoms in total. The number of hydrogen-bond donors (Lipinski definition) is 1. The fourth-order valence-corrected chi connectivity index (χ4v) is 3.23. The summed E-state index contributed by atoms with van der Waals surface area (Å²) in [6.45, 7) is 2.37. The van der Waals surface area contributed by atoms with Gasteiger partial charge in [0.15, 0.2) is 0 Å². The van der Waals surface area contributed by atoms with E-state index in [1.807, 2.05) is 18.2 Å². The fraction of sp³-hybridized carbons (Fsp3) is 0.455. The van der Waals surface area contributed by atoms with Crippen molar-refractivity contribution >= 4 is 7.37 Å². The van der Waals surface area contributed by atoms with E-state index in [1.165, 1.54) is 5.56 Å². The van der Waals surface area contributed by atoms with Crippen LogP contribution in [0.3, 0.4) is 0 Å². The second-order valence-corrected chi connectivity index (χ2v) is 6.64. The summed E-state index contributed by atoms with van der Waals surface area (Å²) in [7, 11) is -2.77. The normalized spacial score (nSPS) is 21.4. The first kappa shape index (κ1) is 10.9. The Bertz CT molecular complexity index is 354. The molecular formula is C11H16NO2P. The van der Waals surface area contributed by atoms with Crippen LogP contribution in [-0.2, 0) is 11.1 Å². The van der Waals surface area contributed by atoms with Gasteiger partial charge in [-0.2, -0.15) is 0 Å². The predicted molar refractivity (Wildman–Crippen MR) is 61.3 cm³/mol. The van der Waals surface area contributed by atoms with Crippen LogP contribution in [-0.4, -0.2) is 35.2 Å². The molecule has 0 aliphatic carbocycles. The molecule has 1 fully saturated rings. The molecule has 1 heterocycles. The molecule has 0 amide bonds. The van der Waals surface area contributed by atoms with Gasteiger partial charge in [0.2, 0.25) is 7.37 Å². The monoisotopic (exact) mass is 225 g/mol. The van der Waals surface area contributed by atoms with E-state index in [9.17, 15) is 9.46 Å². The molecule has 15 heavy (non-hydrogen) atoms. The molecule has 0 atom stereocenters. The SMILES string of the molecule is O=P1(O)CCN(Cc2ccccc2)CC1. The lowest BCUT2D eigenvalue weighted by Crippen LogP contribution is -2.34. The molecule has 1 aromatic carbocycles. The van der Waals surface area contributed by atoms with Crippen LogP contribution in [0, 0.1) is 0 Å². The van der Waals surface area contributed by atoms with E-state index in [0.717, 1.165) is 19.6 Å². The van der Waals surface area contributed by atoms with Gasteiger partial charge >= 0.3 is 0 Å². The van der Waals surface area contributed by atoms with E-state index in [1.54, 1.807) is 0 Å². The largest absolute Gasteiger partial charge is 0.344 e. The first-order chi connectivity index (χ1) is 7.16. The van der Waals surface area contributed by atoms with Crippen molar-refractivity contribution in [3.63, 3.8) is 0 Å². The van der Waals surface area contributed by atoms with Gasteiger partial charge in [0, 0.05) is 32.0 Å². The zero-order valence-corrected chi connectivity index (χ0v) is 9.57. The molecule has 0 radical (unpaired) electrons. The summed E-state index contributed by atoms with van der Waals surface area (Å²) < 4.78 is 11.4. The Balaban J connectivity index is 1.90. The van der Waals surface area contributed by atoms with Crippen LogP contribution in [0.2, 0.25) is 0 Å². The van der Waals surface area contributed by atoms with Crippen molar-refractivity contribution in [2.45, 2.75) is 6.54 Å². The molecule has 1 aliphatic rings. The van der Waals surface area contributed by atoms with Gasteiger partial charge in [-0.1, -0.05) is 30.3 Å². The van der Waals surface area contributed by atoms with Crippen molar-refractivity contribution in [1.82, 2.24) is 4.90 Å². The molecule has 1 aromatic rings. The van der Waals surface area contributed by atoms with Gasteiger partial charge in [0.1, 0.15) is 0 Å².